The summed E-state index contributed by atoms with van der Waals surface area (Å²) in [5, 5.41) is 0. The van der Waals surface area contributed by atoms with Gasteiger partial charge in [0, 0.05) is 0 Å². The number of benzene rings is 2. The molecule has 0 spiro atoms. The summed E-state index contributed by atoms with van der Waals surface area (Å²) < 4.78 is 12.1. The Bertz CT molecular complexity index is 1070. The van der Waals surface area contributed by atoms with Crippen LogP contribution in [0, 0.1) is 11.8 Å². The van der Waals surface area contributed by atoms with Crippen LogP contribution in [0.5, 0.6) is 11.5 Å². The molecule has 2 aromatic rings. The molecule has 0 saturated heterocycles. The van der Waals surface area contributed by atoms with Crippen molar-refractivity contribution in [2.45, 2.75) is 98.3 Å². The molecule has 2 unspecified atom stereocenters. The quantitative estimate of drug-likeness (QED) is 0.220. The van der Waals surface area contributed by atoms with Gasteiger partial charge in [-0.15, -0.1) is 0 Å². The van der Waals surface area contributed by atoms with E-state index in [1.807, 2.05) is 12.1 Å². The average molecular weight is 503 g/mol. The molecule has 1 fully saturated rings. The molecule has 2 aliphatic carbocycles. The van der Waals surface area contributed by atoms with Gasteiger partial charge in [-0.2, -0.15) is 0 Å². The third-order valence-electron chi connectivity index (χ3n) is 7.76. The van der Waals surface area contributed by atoms with Crippen LogP contribution in [0.2, 0.25) is 0 Å². The molecular weight excluding hydrogens is 460 g/mol. The van der Waals surface area contributed by atoms with Crippen LogP contribution in [-0.4, -0.2) is 11.9 Å². The molecule has 0 radical (unpaired) electrons. The van der Waals surface area contributed by atoms with Crippen LogP contribution in [0.25, 0.3) is 0 Å². The zero-order chi connectivity index (χ0) is 26.4. The first-order valence-electron chi connectivity index (χ1n) is 14.4. The van der Waals surface area contributed by atoms with Crippen molar-refractivity contribution < 1.29 is 19.1 Å². The van der Waals surface area contributed by atoms with Gasteiger partial charge in [0.1, 0.15) is 11.5 Å². The highest BCUT2D eigenvalue weighted by Gasteiger charge is 2.46. The minimum absolute atomic E-state index is 0.0787. The predicted molar refractivity (Wildman–Crippen MR) is 148 cm³/mol. The lowest BCUT2D eigenvalue weighted by molar-refractivity contribution is -0.133. The fraction of sp³-hybridized carbons (Fsp3) is 0.515. The molecule has 0 heterocycles. The number of esters is 2. The predicted octanol–water partition coefficient (Wildman–Crippen LogP) is 7.73. The second-order valence-electron chi connectivity index (χ2n) is 10.7. The monoisotopic (exact) mass is 502 g/mol. The summed E-state index contributed by atoms with van der Waals surface area (Å²) in [4.78, 5) is 27.2. The van der Waals surface area contributed by atoms with Crippen LogP contribution in [-0.2, 0) is 35.3 Å². The smallest absolute Gasteiger partial charge is 0.340 e. The molecule has 0 aliphatic heterocycles. The fourth-order valence-corrected chi connectivity index (χ4v) is 6.04. The van der Waals surface area contributed by atoms with Crippen LogP contribution >= 0.6 is 0 Å². The summed E-state index contributed by atoms with van der Waals surface area (Å²) in [7, 11) is 0. The molecule has 1 saturated carbocycles. The van der Waals surface area contributed by atoms with Crippen molar-refractivity contribution in [3.8, 4) is 11.5 Å². The van der Waals surface area contributed by atoms with Gasteiger partial charge in [-0.05, 0) is 91.2 Å². The van der Waals surface area contributed by atoms with Gasteiger partial charge in [0.05, 0.1) is 11.1 Å². The highest BCUT2D eigenvalue weighted by atomic mass is 16.5. The van der Waals surface area contributed by atoms with Crippen molar-refractivity contribution >= 4 is 11.9 Å². The van der Waals surface area contributed by atoms with Crippen molar-refractivity contribution in [2.75, 3.05) is 0 Å². The molecule has 2 aromatic carbocycles. The maximum atomic E-state index is 13.6. The summed E-state index contributed by atoms with van der Waals surface area (Å²) in [6.07, 6.45) is 10.3. The second-order valence-corrected chi connectivity index (χ2v) is 10.7. The molecule has 2 atom stereocenters. The Morgan fingerprint density at radius 2 is 1.05 bits per heavy atom. The lowest BCUT2D eigenvalue weighted by atomic mass is 9.91. The van der Waals surface area contributed by atoms with E-state index in [0.717, 1.165) is 81.8 Å². The van der Waals surface area contributed by atoms with Gasteiger partial charge in [0.15, 0.2) is 0 Å². The Kier molecular flexibility index (Phi) is 9.23. The van der Waals surface area contributed by atoms with Crippen molar-refractivity contribution in [3.63, 3.8) is 0 Å². The molecular formula is C33H42O4. The van der Waals surface area contributed by atoms with Crippen molar-refractivity contribution in [1.82, 2.24) is 0 Å². The van der Waals surface area contributed by atoms with Crippen molar-refractivity contribution in [1.29, 1.82) is 0 Å². The highest BCUT2D eigenvalue weighted by Crippen LogP contribution is 2.49. The minimum atomic E-state index is -0.376. The van der Waals surface area contributed by atoms with E-state index in [1.165, 1.54) is 11.1 Å². The van der Waals surface area contributed by atoms with E-state index in [9.17, 15) is 9.59 Å². The Balaban J connectivity index is 1.63. The maximum Gasteiger partial charge on any atom is 0.340 e. The van der Waals surface area contributed by atoms with E-state index in [0.29, 0.717) is 22.6 Å². The molecule has 2 aliphatic rings. The molecule has 0 amide bonds. The standard InChI is InChI=1S/C33H42O4/c1-5-9-22-13-15-24(11-7-3)28(19-22)36-32(34)30-26-17-18-27(21-26)31(30)33(35)37-29-20-23(10-6-2)14-16-25(29)12-8-4/h13-16,19-20,26-27H,5-12,17-18,21H2,1-4H3. The first kappa shape index (κ1) is 27.2. The highest BCUT2D eigenvalue weighted by molar-refractivity contribution is 6.04. The second kappa shape index (κ2) is 12.6. The van der Waals surface area contributed by atoms with Gasteiger partial charge in [-0.3, -0.25) is 0 Å². The van der Waals surface area contributed by atoms with E-state index in [2.05, 4.69) is 52.0 Å². The molecule has 0 N–H and O–H groups in total. The number of fused-ring (bicyclic) bond motifs is 2. The first-order chi connectivity index (χ1) is 18.0. The molecule has 4 nitrogen and oxygen atoms in total. The topological polar surface area (TPSA) is 52.6 Å². The zero-order valence-corrected chi connectivity index (χ0v) is 23.0. The molecule has 4 heteroatoms. The van der Waals surface area contributed by atoms with Crippen LogP contribution in [0.1, 0.15) is 94.9 Å². The molecule has 0 aromatic heterocycles. The van der Waals surface area contributed by atoms with E-state index in [1.54, 1.807) is 0 Å². The van der Waals surface area contributed by atoms with Gasteiger partial charge >= 0.3 is 11.9 Å². The van der Waals surface area contributed by atoms with Gasteiger partial charge in [0.2, 0.25) is 0 Å². The lowest BCUT2D eigenvalue weighted by Crippen LogP contribution is -2.24. The summed E-state index contributed by atoms with van der Waals surface area (Å²) in [6, 6.07) is 12.4. The Morgan fingerprint density at radius 3 is 1.43 bits per heavy atom. The molecule has 2 bridgehead atoms. The lowest BCUT2D eigenvalue weighted by Gasteiger charge is -2.20. The molecule has 198 valence electrons. The van der Waals surface area contributed by atoms with Crippen LogP contribution in [0.15, 0.2) is 47.5 Å². The van der Waals surface area contributed by atoms with Crippen LogP contribution < -0.4 is 9.47 Å². The number of rotatable bonds is 12. The first-order valence-corrected chi connectivity index (χ1v) is 14.4. The number of hydrogen-bond acceptors (Lipinski definition) is 4. The largest absolute Gasteiger partial charge is 0.423 e. The Labute approximate surface area is 222 Å². The van der Waals surface area contributed by atoms with Crippen molar-refractivity contribution in [2.24, 2.45) is 11.8 Å². The number of carbonyl (C=O) groups is 2. The van der Waals surface area contributed by atoms with Gasteiger partial charge in [-0.1, -0.05) is 77.6 Å². The zero-order valence-electron chi connectivity index (χ0n) is 23.0. The summed E-state index contributed by atoms with van der Waals surface area (Å²) >= 11 is 0. The van der Waals surface area contributed by atoms with E-state index in [4.69, 9.17) is 9.47 Å². The Hall–Kier alpha value is -2.88. The third-order valence-corrected chi connectivity index (χ3v) is 7.76. The molecule has 4 rings (SSSR count). The van der Waals surface area contributed by atoms with E-state index < -0.39 is 0 Å². The molecule has 37 heavy (non-hydrogen) atoms. The number of aryl methyl sites for hydroxylation is 4. The SMILES string of the molecule is CCCc1ccc(CCC)c(OC(=O)C2=C(C(=O)Oc3cc(CCC)ccc3CCC)C3CCC2C3)c1. The van der Waals surface area contributed by atoms with Crippen molar-refractivity contribution in [3.05, 3.63) is 69.8 Å². The number of ether oxygens (including phenoxy) is 2. The normalized spacial score (nSPS) is 18.4. The summed E-state index contributed by atoms with van der Waals surface area (Å²) in [6.45, 7) is 8.54. The summed E-state index contributed by atoms with van der Waals surface area (Å²) in [5.41, 5.74) is 5.52. The summed E-state index contributed by atoms with van der Waals surface area (Å²) in [5.74, 6) is 0.680. The fourth-order valence-electron chi connectivity index (χ4n) is 6.04. The van der Waals surface area contributed by atoms with Crippen LogP contribution in [0.3, 0.4) is 0 Å². The van der Waals surface area contributed by atoms with Gasteiger partial charge in [-0.25, -0.2) is 9.59 Å². The minimum Gasteiger partial charge on any atom is -0.423 e. The Morgan fingerprint density at radius 1 is 0.649 bits per heavy atom. The maximum absolute atomic E-state index is 13.6. The van der Waals surface area contributed by atoms with Crippen LogP contribution in [0.4, 0.5) is 0 Å². The van der Waals surface area contributed by atoms with E-state index >= 15 is 0 Å². The van der Waals surface area contributed by atoms with Gasteiger partial charge in [0.25, 0.3) is 0 Å². The van der Waals surface area contributed by atoms with E-state index in [-0.39, 0.29) is 23.8 Å². The van der Waals surface area contributed by atoms with Gasteiger partial charge < -0.3 is 9.47 Å². The average Bonchev–Trinajstić information content (AvgIpc) is 3.50. The third kappa shape index (κ3) is 6.17. The number of hydrogen-bond donors (Lipinski definition) is 0. The number of carbonyl (C=O) groups excluding carboxylic acids is 2.